The first-order chi connectivity index (χ1) is 10.9. The number of hydrogen-bond donors (Lipinski definition) is 0. The molecule has 0 radical (unpaired) electrons. The fourth-order valence-corrected chi connectivity index (χ4v) is 6.71. The van der Waals surface area contributed by atoms with E-state index < -0.39 is 0 Å². The SMILES string of the molecule is C/C=C1\C(=O)C[C@@H]2[C@H]3CCC4=CC(=O)CC[C@@]4(C)[C@@H]3CC[C@]12C. The molecule has 0 heterocycles. The van der Waals surface area contributed by atoms with Gasteiger partial charge in [-0.2, -0.15) is 0 Å². The van der Waals surface area contributed by atoms with E-state index in [0.29, 0.717) is 35.7 Å². The fourth-order valence-electron chi connectivity index (χ4n) is 6.71. The summed E-state index contributed by atoms with van der Waals surface area (Å²) in [6.07, 6.45) is 11.1. The molecule has 3 fully saturated rings. The van der Waals surface area contributed by atoms with Crippen LogP contribution >= 0.6 is 0 Å². The zero-order valence-corrected chi connectivity index (χ0v) is 14.7. The van der Waals surface area contributed by atoms with Crippen molar-refractivity contribution in [1.29, 1.82) is 0 Å². The molecule has 0 aromatic rings. The molecule has 4 aliphatic carbocycles. The first kappa shape index (κ1) is 15.4. The van der Waals surface area contributed by atoms with E-state index in [1.54, 1.807) is 0 Å². The zero-order chi connectivity index (χ0) is 16.4. The van der Waals surface area contributed by atoms with Crippen molar-refractivity contribution >= 4 is 11.6 Å². The number of carbonyl (C=O) groups excluding carboxylic acids is 2. The number of allylic oxidation sites excluding steroid dienone is 3. The topological polar surface area (TPSA) is 34.1 Å². The maximum absolute atomic E-state index is 12.5. The second-order valence-corrected chi connectivity index (χ2v) is 8.75. The molecule has 0 aliphatic heterocycles. The summed E-state index contributed by atoms with van der Waals surface area (Å²) < 4.78 is 0. The largest absolute Gasteiger partial charge is 0.295 e. The summed E-state index contributed by atoms with van der Waals surface area (Å²) in [4.78, 5) is 24.4. The highest BCUT2D eigenvalue weighted by Gasteiger charge is 2.59. The van der Waals surface area contributed by atoms with Gasteiger partial charge in [-0.3, -0.25) is 9.59 Å². The van der Waals surface area contributed by atoms with Gasteiger partial charge in [0.05, 0.1) is 0 Å². The summed E-state index contributed by atoms with van der Waals surface area (Å²) in [7, 11) is 0. The fraction of sp³-hybridized carbons (Fsp3) is 0.714. The molecule has 0 aromatic carbocycles. The van der Waals surface area contributed by atoms with Gasteiger partial charge in [-0.25, -0.2) is 0 Å². The van der Waals surface area contributed by atoms with Crippen LogP contribution in [0.4, 0.5) is 0 Å². The Labute approximate surface area is 139 Å². The number of ketones is 2. The standard InChI is InChI=1S/C21H28O2/c1-4-16-19(23)12-18-15-6-5-13-11-14(22)7-9-20(13,2)17(15)8-10-21(16,18)3/h4,11,15,17-18H,5-10,12H2,1-3H3/b16-4+/t15-,17+,18+,20+,21+/m0/s1. The third-order valence-electron chi connectivity index (χ3n) is 7.96. The third-order valence-corrected chi connectivity index (χ3v) is 7.96. The van der Waals surface area contributed by atoms with Gasteiger partial charge in [0.1, 0.15) is 0 Å². The highest BCUT2D eigenvalue weighted by molar-refractivity contribution is 5.99. The minimum absolute atomic E-state index is 0.106. The van der Waals surface area contributed by atoms with Gasteiger partial charge in [0.15, 0.2) is 11.6 Å². The molecule has 2 nitrogen and oxygen atoms in total. The monoisotopic (exact) mass is 312 g/mol. The van der Waals surface area contributed by atoms with E-state index in [1.165, 1.54) is 18.4 Å². The van der Waals surface area contributed by atoms with Crippen LogP contribution in [0.15, 0.2) is 23.3 Å². The van der Waals surface area contributed by atoms with Crippen molar-refractivity contribution < 1.29 is 9.59 Å². The van der Waals surface area contributed by atoms with Gasteiger partial charge >= 0.3 is 0 Å². The molecular formula is C21H28O2. The Bertz CT molecular complexity index is 640. The Kier molecular flexibility index (Phi) is 3.28. The van der Waals surface area contributed by atoms with Gasteiger partial charge in [0, 0.05) is 12.8 Å². The van der Waals surface area contributed by atoms with E-state index in [4.69, 9.17) is 0 Å². The Hall–Kier alpha value is -1.18. The highest BCUT2D eigenvalue weighted by atomic mass is 16.1. The van der Waals surface area contributed by atoms with E-state index in [2.05, 4.69) is 19.9 Å². The van der Waals surface area contributed by atoms with Crippen LogP contribution < -0.4 is 0 Å². The van der Waals surface area contributed by atoms with Gasteiger partial charge < -0.3 is 0 Å². The molecule has 3 saturated carbocycles. The Morgan fingerprint density at radius 3 is 2.57 bits per heavy atom. The summed E-state index contributed by atoms with van der Waals surface area (Å²) in [6, 6.07) is 0. The quantitative estimate of drug-likeness (QED) is 0.610. The van der Waals surface area contributed by atoms with E-state index >= 15 is 0 Å². The Morgan fingerprint density at radius 1 is 1.04 bits per heavy atom. The second-order valence-electron chi connectivity index (χ2n) is 8.75. The summed E-state index contributed by atoms with van der Waals surface area (Å²) >= 11 is 0. The second kappa shape index (κ2) is 4.91. The lowest BCUT2D eigenvalue weighted by Crippen LogP contribution is -2.49. The average molecular weight is 312 g/mol. The molecule has 23 heavy (non-hydrogen) atoms. The summed E-state index contributed by atoms with van der Waals surface area (Å²) in [5.74, 6) is 2.56. The maximum Gasteiger partial charge on any atom is 0.159 e. The highest BCUT2D eigenvalue weighted by Crippen LogP contribution is 2.65. The first-order valence-corrected chi connectivity index (χ1v) is 9.34. The molecule has 0 N–H and O–H groups in total. The van der Waals surface area contributed by atoms with Crippen molar-refractivity contribution in [2.45, 2.75) is 65.7 Å². The average Bonchev–Trinajstić information content (AvgIpc) is 2.77. The molecule has 5 atom stereocenters. The van der Waals surface area contributed by atoms with E-state index in [1.807, 2.05) is 13.0 Å². The molecule has 4 rings (SSSR count). The van der Waals surface area contributed by atoms with Crippen molar-refractivity contribution in [2.75, 3.05) is 0 Å². The molecule has 0 spiro atoms. The van der Waals surface area contributed by atoms with E-state index in [0.717, 1.165) is 31.3 Å². The van der Waals surface area contributed by atoms with Crippen LogP contribution in [-0.4, -0.2) is 11.6 Å². The third kappa shape index (κ3) is 1.93. The predicted molar refractivity (Wildman–Crippen MR) is 90.9 cm³/mol. The lowest BCUT2D eigenvalue weighted by molar-refractivity contribution is -0.117. The molecule has 0 bridgehead atoms. The number of carbonyl (C=O) groups is 2. The molecule has 4 aliphatic rings. The molecular weight excluding hydrogens is 284 g/mol. The Morgan fingerprint density at radius 2 is 1.83 bits per heavy atom. The Balaban J connectivity index is 1.72. The van der Waals surface area contributed by atoms with Crippen molar-refractivity contribution in [1.82, 2.24) is 0 Å². The molecule has 0 amide bonds. The van der Waals surface area contributed by atoms with Crippen LogP contribution in [-0.2, 0) is 9.59 Å². The predicted octanol–water partition coefficient (Wildman–Crippen LogP) is 4.64. The van der Waals surface area contributed by atoms with Crippen LogP contribution in [0.5, 0.6) is 0 Å². The van der Waals surface area contributed by atoms with Crippen molar-refractivity contribution in [3.63, 3.8) is 0 Å². The van der Waals surface area contributed by atoms with Crippen molar-refractivity contribution in [2.24, 2.45) is 28.6 Å². The molecule has 0 saturated heterocycles. The number of fused-ring (bicyclic) bond motifs is 5. The number of rotatable bonds is 0. The van der Waals surface area contributed by atoms with Crippen LogP contribution in [0.2, 0.25) is 0 Å². The van der Waals surface area contributed by atoms with Gasteiger partial charge in [-0.1, -0.05) is 25.5 Å². The summed E-state index contributed by atoms with van der Waals surface area (Å²) in [5.41, 5.74) is 2.83. The first-order valence-electron chi connectivity index (χ1n) is 9.34. The van der Waals surface area contributed by atoms with Crippen molar-refractivity contribution in [3.05, 3.63) is 23.3 Å². The molecule has 0 unspecified atom stereocenters. The van der Waals surface area contributed by atoms with Crippen LogP contribution in [0, 0.1) is 28.6 Å². The normalized spacial score (nSPS) is 47.9. The number of Topliss-reactive ketones (excluding diaryl/α,β-unsaturated/α-hetero) is 1. The zero-order valence-electron chi connectivity index (χ0n) is 14.7. The minimum Gasteiger partial charge on any atom is -0.295 e. The van der Waals surface area contributed by atoms with Crippen molar-refractivity contribution in [3.8, 4) is 0 Å². The van der Waals surface area contributed by atoms with Gasteiger partial charge in [-0.15, -0.1) is 0 Å². The van der Waals surface area contributed by atoms with Crippen LogP contribution in [0.1, 0.15) is 65.7 Å². The van der Waals surface area contributed by atoms with Crippen LogP contribution in [0.3, 0.4) is 0 Å². The van der Waals surface area contributed by atoms with Gasteiger partial charge in [0.2, 0.25) is 0 Å². The molecule has 2 heteroatoms. The van der Waals surface area contributed by atoms with Gasteiger partial charge in [0.25, 0.3) is 0 Å². The maximum atomic E-state index is 12.5. The summed E-state index contributed by atoms with van der Waals surface area (Å²) in [5, 5.41) is 0. The molecule has 0 aromatic heterocycles. The minimum atomic E-state index is 0.106. The van der Waals surface area contributed by atoms with E-state index in [-0.39, 0.29) is 10.8 Å². The summed E-state index contributed by atoms with van der Waals surface area (Å²) in [6.45, 7) is 6.77. The number of hydrogen-bond acceptors (Lipinski definition) is 2. The molecule has 124 valence electrons. The van der Waals surface area contributed by atoms with Crippen LogP contribution in [0.25, 0.3) is 0 Å². The van der Waals surface area contributed by atoms with Gasteiger partial charge in [-0.05, 0) is 79.3 Å². The lowest BCUT2D eigenvalue weighted by atomic mass is 9.47. The van der Waals surface area contributed by atoms with E-state index in [9.17, 15) is 9.59 Å². The lowest BCUT2D eigenvalue weighted by Gasteiger charge is -2.57. The smallest absolute Gasteiger partial charge is 0.159 e.